The molecule has 0 unspecified atom stereocenters. The first-order valence-electron chi connectivity index (χ1n) is 10.0. The van der Waals surface area contributed by atoms with Gasteiger partial charge in [-0.1, -0.05) is 18.2 Å². The summed E-state index contributed by atoms with van der Waals surface area (Å²) in [6, 6.07) is 11.8. The molecule has 13 heteroatoms. The Balaban J connectivity index is 1.90. The number of benzene rings is 2. The van der Waals surface area contributed by atoms with Crippen LogP contribution in [0.5, 0.6) is 0 Å². The number of sulfonamides is 1. The molecule has 1 aliphatic rings. The molecule has 0 heterocycles. The number of nitrogens with one attached hydrogen (secondary N) is 2. The average Bonchev–Trinajstić information content (AvgIpc) is 3.55. The number of nitrogens with two attached hydrogens (primary N) is 1. The zero-order valence-corrected chi connectivity index (χ0v) is 19.8. The molecule has 3 rings (SSSR count). The van der Waals surface area contributed by atoms with Crippen molar-refractivity contribution in [1.29, 1.82) is 0 Å². The number of hydrogen-bond donors (Lipinski definition) is 3. The van der Waals surface area contributed by atoms with E-state index in [1.54, 1.807) is 0 Å². The second kappa shape index (κ2) is 10.2. The van der Waals surface area contributed by atoms with Gasteiger partial charge in [0.15, 0.2) is 0 Å². The standard InChI is InChI=1S/C20H24F3N3O4S3/c21-20(22,23)32(27,28)19-12-17(33(24,29)30)8-9-18(19)26-15(10-11-25-14-6-7-14)13-31-16-4-2-1-3-5-16/h1-5,8-9,12,14-15,25-26H,6-7,10-11,13H2,(H2,24,29,30)/t15-/m1/s1. The molecule has 1 atom stereocenters. The van der Waals surface area contributed by atoms with Crippen molar-refractivity contribution in [3.05, 3.63) is 48.5 Å². The summed E-state index contributed by atoms with van der Waals surface area (Å²) >= 11 is 1.47. The predicted molar refractivity (Wildman–Crippen MR) is 121 cm³/mol. The highest BCUT2D eigenvalue weighted by Crippen LogP contribution is 2.36. The Morgan fingerprint density at radius 3 is 2.30 bits per heavy atom. The summed E-state index contributed by atoms with van der Waals surface area (Å²) < 4.78 is 87.7. The number of rotatable bonds is 11. The van der Waals surface area contributed by atoms with Crippen molar-refractivity contribution in [3.63, 3.8) is 0 Å². The Morgan fingerprint density at radius 1 is 1.06 bits per heavy atom. The van der Waals surface area contributed by atoms with Crippen LogP contribution in [0.15, 0.2) is 63.2 Å². The molecule has 0 bridgehead atoms. The van der Waals surface area contributed by atoms with E-state index in [1.165, 1.54) is 11.8 Å². The zero-order valence-electron chi connectivity index (χ0n) is 17.4. The Kier molecular flexibility index (Phi) is 7.99. The van der Waals surface area contributed by atoms with Crippen molar-refractivity contribution in [3.8, 4) is 0 Å². The molecule has 0 radical (unpaired) electrons. The second-order valence-corrected chi connectivity index (χ2v) is 12.2. The summed E-state index contributed by atoms with van der Waals surface area (Å²) in [6.45, 7) is 0.592. The van der Waals surface area contributed by atoms with Crippen LogP contribution in [-0.2, 0) is 19.9 Å². The molecular weight excluding hydrogens is 499 g/mol. The van der Waals surface area contributed by atoms with Gasteiger partial charge in [-0.05, 0) is 56.1 Å². The van der Waals surface area contributed by atoms with Crippen LogP contribution in [0.1, 0.15) is 19.3 Å². The molecule has 33 heavy (non-hydrogen) atoms. The van der Waals surface area contributed by atoms with E-state index in [1.807, 2.05) is 30.3 Å². The first-order valence-corrected chi connectivity index (χ1v) is 14.1. The minimum atomic E-state index is -5.83. The second-order valence-electron chi connectivity index (χ2n) is 7.63. The summed E-state index contributed by atoms with van der Waals surface area (Å²) in [4.78, 5) is -0.944. The smallest absolute Gasteiger partial charge is 0.380 e. The average molecular weight is 524 g/mol. The van der Waals surface area contributed by atoms with Crippen LogP contribution in [0.4, 0.5) is 18.9 Å². The van der Waals surface area contributed by atoms with Gasteiger partial charge in [0.2, 0.25) is 10.0 Å². The monoisotopic (exact) mass is 523 g/mol. The summed E-state index contributed by atoms with van der Waals surface area (Å²) in [5.41, 5.74) is -5.94. The van der Waals surface area contributed by atoms with E-state index in [-0.39, 0.29) is 5.69 Å². The van der Waals surface area contributed by atoms with E-state index >= 15 is 0 Å². The largest absolute Gasteiger partial charge is 0.501 e. The fourth-order valence-electron chi connectivity index (χ4n) is 3.03. The Bertz CT molecular complexity index is 1170. The van der Waals surface area contributed by atoms with Crippen molar-refractivity contribution in [2.45, 2.75) is 51.5 Å². The summed E-state index contributed by atoms with van der Waals surface area (Å²) in [6.07, 6.45) is 2.65. The van der Waals surface area contributed by atoms with Crippen LogP contribution >= 0.6 is 11.8 Å². The Morgan fingerprint density at radius 2 is 1.73 bits per heavy atom. The quantitative estimate of drug-likeness (QED) is 0.387. The van der Waals surface area contributed by atoms with Crippen LogP contribution in [-0.4, -0.2) is 46.7 Å². The Hall–Kier alpha value is -1.80. The van der Waals surface area contributed by atoms with Gasteiger partial charge in [0.05, 0.1) is 10.6 Å². The first kappa shape index (κ1) is 25.8. The lowest BCUT2D eigenvalue weighted by Gasteiger charge is -2.23. The molecule has 7 nitrogen and oxygen atoms in total. The number of primary sulfonamides is 1. The summed E-state index contributed by atoms with van der Waals surface area (Å²) in [7, 11) is -10.2. The van der Waals surface area contributed by atoms with E-state index in [2.05, 4.69) is 10.6 Å². The SMILES string of the molecule is NS(=O)(=O)c1ccc(N[C@H](CCNC2CC2)CSc2ccccc2)c(S(=O)(=O)C(F)(F)F)c1. The summed E-state index contributed by atoms with van der Waals surface area (Å²) in [5.74, 6) is 0.443. The van der Waals surface area contributed by atoms with E-state index in [0.717, 1.165) is 29.9 Å². The third kappa shape index (κ3) is 7.09. The number of anilines is 1. The number of sulfone groups is 1. The molecule has 0 aromatic heterocycles. The third-order valence-electron chi connectivity index (χ3n) is 4.93. The highest BCUT2D eigenvalue weighted by molar-refractivity contribution is 7.99. The van der Waals surface area contributed by atoms with Crippen LogP contribution in [0.2, 0.25) is 0 Å². The number of hydrogen-bond acceptors (Lipinski definition) is 7. The lowest BCUT2D eigenvalue weighted by molar-refractivity contribution is -0.0435. The maximum Gasteiger partial charge on any atom is 0.501 e. The Labute approximate surface area is 195 Å². The van der Waals surface area contributed by atoms with Crippen molar-refractivity contribution >= 4 is 37.3 Å². The number of thioether (sulfide) groups is 1. The molecule has 1 saturated carbocycles. The number of alkyl halides is 3. The predicted octanol–water partition coefficient (Wildman–Crippen LogP) is 3.34. The fraction of sp³-hybridized carbons (Fsp3) is 0.400. The molecule has 2 aromatic rings. The van der Waals surface area contributed by atoms with Crippen molar-refractivity contribution in [2.24, 2.45) is 5.14 Å². The lowest BCUT2D eigenvalue weighted by atomic mass is 10.2. The van der Waals surface area contributed by atoms with Gasteiger partial charge in [0, 0.05) is 22.7 Å². The van der Waals surface area contributed by atoms with Crippen molar-refractivity contribution < 1.29 is 30.0 Å². The maximum absolute atomic E-state index is 13.3. The van der Waals surface area contributed by atoms with Crippen molar-refractivity contribution in [2.75, 3.05) is 17.6 Å². The van der Waals surface area contributed by atoms with E-state index in [4.69, 9.17) is 5.14 Å². The van der Waals surface area contributed by atoms with Crippen LogP contribution in [0, 0.1) is 0 Å². The normalized spacial score (nSPS) is 15.9. The lowest BCUT2D eigenvalue weighted by Crippen LogP contribution is -2.31. The minimum Gasteiger partial charge on any atom is -0.380 e. The topological polar surface area (TPSA) is 118 Å². The van der Waals surface area contributed by atoms with Crippen LogP contribution < -0.4 is 15.8 Å². The van der Waals surface area contributed by atoms with Gasteiger partial charge in [0.25, 0.3) is 9.84 Å². The van der Waals surface area contributed by atoms with Crippen LogP contribution in [0.25, 0.3) is 0 Å². The molecule has 0 aliphatic heterocycles. The minimum absolute atomic E-state index is 0.329. The molecule has 2 aromatic carbocycles. The fourth-order valence-corrected chi connectivity index (χ4v) is 5.58. The molecule has 182 valence electrons. The molecule has 4 N–H and O–H groups in total. The van der Waals surface area contributed by atoms with Gasteiger partial charge in [-0.25, -0.2) is 22.0 Å². The maximum atomic E-state index is 13.3. The number of halogens is 3. The first-order chi connectivity index (χ1) is 15.4. The van der Waals surface area contributed by atoms with Crippen LogP contribution in [0.3, 0.4) is 0 Å². The molecule has 0 spiro atoms. The van der Waals surface area contributed by atoms with Gasteiger partial charge in [-0.3, -0.25) is 0 Å². The van der Waals surface area contributed by atoms with E-state index < -0.39 is 41.2 Å². The molecule has 0 amide bonds. The molecule has 0 saturated heterocycles. The highest BCUT2D eigenvalue weighted by atomic mass is 32.2. The van der Waals surface area contributed by atoms with Crippen molar-refractivity contribution in [1.82, 2.24) is 5.32 Å². The van der Waals surface area contributed by atoms with Gasteiger partial charge < -0.3 is 10.6 Å². The molecular formula is C20H24F3N3O4S3. The molecule has 1 fully saturated rings. The van der Waals surface area contributed by atoms with Gasteiger partial charge in [0.1, 0.15) is 4.90 Å². The highest BCUT2D eigenvalue weighted by Gasteiger charge is 2.48. The zero-order chi connectivity index (χ0) is 24.3. The third-order valence-corrected chi connectivity index (χ3v) is 8.54. The molecule has 1 aliphatic carbocycles. The van der Waals surface area contributed by atoms with Gasteiger partial charge in [-0.15, -0.1) is 11.8 Å². The van der Waals surface area contributed by atoms with E-state index in [0.29, 0.717) is 30.8 Å². The van der Waals surface area contributed by atoms with Gasteiger partial charge in [-0.2, -0.15) is 13.2 Å². The summed E-state index contributed by atoms with van der Waals surface area (Å²) in [5, 5.41) is 11.2. The van der Waals surface area contributed by atoms with E-state index in [9.17, 15) is 30.0 Å². The van der Waals surface area contributed by atoms with Gasteiger partial charge >= 0.3 is 5.51 Å².